The lowest BCUT2D eigenvalue weighted by atomic mass is 9.88. The monoisotopic (exact) mass is 673 g/mol. The standard InChI is InChI=1S/C26H43NO19/c1-9(23(37)38)42-8-15-18(34)13(3-4-41-15)43-24-20(36)22(19(35)14(7-29)44-24)46-26(25(39)40)5-11(31)16(27-10(2)30)21(45-26)17(33)12(32)6-28/h9,11-22,24,28-29,31-36H,3-8H2,1-2H3,(H,27,30)(H,37,38)(H,39,40)/t9-,11-,12+,13+,14+,15+,16+,17+,18+,19-,20+,21+,22-,24+,26-/m0/s1. The third-order valence-electron chi connectivity index (χ3n) is 8.00. The number of hydrogen-bond donors (Lipinski definition) is 11. The molecule has 0 radical (unpaired) electrons. The van der Waals surface area contributed by atoms with Gasteiger partial charge in [-0.3, -0.25) is 4.79 Å². The minimum Gasteiger partial charge on any atom is -0.479 e. The minimum atomic E-state index is -2.97. The molecule has 3 fully saturated rings. The van der Waals surface area contributed by atoms with Gasteiger partial charge in [-0.2, -0.15) is 0 Å². The van der Waals surface area contributed by atoms with Crippen LogP contribution in [0.2, 0.25) is 0 Å². The van der Waals surface area contributed by atoms with Crippen LogP contribution in [0, 0.1) is 0 Å². The highest BCUT2D eigenvalue weighted by Crippen LogP contribution is 2.38. The molecule has 20 heteroatoms. The maximum atomic E-state index is 12.6. The van der Waals surface area contributed by atoms with Gasteiger partial charge in [0.2, 0.25) is 5.91 Å². The average molecular weight is 674 g/mol. The van der Waals surface area contributed by atoms with Crippen LogP contribution in [-0.2, 0) is 42.8 Å². The summed E-state index contributed by atoms with van der Waals surface area (Å²) in [5, 5.41) is 105. The molecule has 15 atom stereocenters. The molecule has 266 valence electrons. The Morgan fingerprint density at radius 3 is 2.26 bits per heavy atom. The van der Waals surface area contributed by atoms with E-state index in [1.54, 1.807) is 0 Å². The summed E-state index contributed by atoms with van der Waals surface area (Å²) in [7, 11) is 0. The van der Waals surface area contributed by atoms with Crippen molar-refractivity contribution in [1.82, 2.24) is 5.32 Å². The van der Waals surface area contributed by atoms with Crippen LogP contribution in [-0.4, -0.2) is 187 Å². The van der Waals surface area contributed by atoms with Crippen molar-refractivity contribution in [3.8, 4) is 0 Å². The zero-order chi connectivity index (χ0) is 34.5. The van der Waals surface area contributed by atoms with Gasteiger partial charge in [0, 0.05) is 20.0 Å². The molecule has 11 N–H and O–H groups in total. The van der Waals surface area contributed by atoms with Crippen LogP contribution in [0.1, 0.15) is 26.7 Å². The number of carbonyl (C=O) groups excluding carboxylic acids is 1. The molecule has 46 heavy (non-hydrogen) atoms. The van der Waals surface area contributed by atoms with Crippen LogP contribution in [0.3, 0.4) is 0 Å². The zero-order valence-electron chi connectivity index (χ0n) is 25.0. The topological polar surface area (TPSA) is 321 Å². The van der Waals surface area contributed by atoms with Crippen molar-refractivity contribution in [1.29, 1.82) is 0 Å². The van der Waals surface area contributed by atoms with Crippen LogP contribution in [0.25, 0.3) is 0 Å². The molecule has 0 aromatic rings. The summed E-state index contributed by atoms with van der Waals surface area (Å²) < 4.78 is 33.0. The molecule has 0 aliphatic carbocycles. The Morgan fingerprint density at radius 1 is 1.02 bits per heavy atom. The summed E-state index contributed by atoms with van der Waals surface area (Å²) in [5.74, 6) is -6.87. The third-order valence-corrected chi connectivity index (χ3v) is 8.00. The molecular weight excluding hydrogens is 630 g/mol. The van der Waals surface area contributed by atoms with Gasteiger partial charge in [0.05, 0.1) is 38.1 Å². The van der Waals surface area contributed by atoms with Crippen LogP contribution in [0.4, 0.5) is 0 Å². The Kier molecular flexibility index (Phi) is 13.6. The van der Waals surface area contributed by atoms with Crippen LogP contribution in [0.15, 0.2) is 0 Å². The van der Waals surface area contributed by atoms with Gasteiger partial charge >= 0.3 is 11.9 Å². The van der Waals surface area contributed by atoms with Crippen molar-refractivity contribution in [2.24, 2.45) is 0 Å². The second-order valence-corrected chi connectivity index (χ2v) is 11.3. The number of carboxylic acids is 2. The molecule has 3 aliphatic heterocycles. The number of aliphatic carboxylic acids is 2. The van der Waals surface area contributed by atoms with E-state index in [0.29, 0.717) is 0 Å². The number of amides is 1. The SMILES string of the molecule is CC(=O)N[C@H]1[C@H]([C@H](O)[C@H](O)CO)O[C@@](O[C@H]2[C@@H](O)[C@@H](CO)O[C@@H](O[C@@H]3CCO[C@H](CO[C@@H](C)C(=O)O)[C@@H]3O)[C@@H]2O)(C(=O)O)C[C@@H]1O. The number of rotatable bonds is 14. The third kappa shape index (κ3) is 8.65. The maximum Gasteiger partial charge on any atom is 0.364 e. The van der Waals surface area contributed by atoms with Crippen molar-refractivity contribution in [2.45, 2.75) is 118 Å². The first-order valence-corrected chi connectivity index (χ1v) is 14.5. The summed E-state index contributed by atoms with van der Waals surface area (Å²) in [6.45, 7) is 0.0616. The Morgan fingerprint density at radius 2 is 1.70 bits per heavy atom. The van der Waals surface area contributed by atoms with E-state index in [4.69, 9.17) is 33.5 Å². The molecule has 0 aromatic heterocycles. The normalized spacial score (nSPS) is 40.4. The van der Waals surface area contributed by atoms with E-state index in [1.807, 2.05) is 0 Å². The molecular formula is C26H43NO19. The summed E-state index contributed by atoms with van der Waals surface area (Å²) in [5.41, 5.74) is 0. The zero-order valence-corrected chi connectivity index (χ0v) is 25.0. The predicted octanol–water partition coefficient (Wildman–Crippen LogP) is -6.02. The fourth-order valence-electron chi connectivity index (χ4n) is 5.40. The Balaban J connectivity index is 1.86. The molecule has 3 aliphatic rings. The molecule has 20 nitrogen and oxygen atoms in total. The Bertz CT molecular complexity index is 1040. The molecule has 0 unspecified atom stereocenters. The number of nitrogens with one attached hydrogen (secondary N) is 1. The molecule has 1 amide bonds. The first-order valence-electron chi connectivity index (χ1n) is 14.5. The summed E-state index contributed by atoms with van der Waals surface area (Å²) >= 11 is 0. The molecule has 0 saturated carbocycles. The van der Waals surface area contributed by atoms with E-state index in [9.17, 15) is 60.3 Å². The highest BCUT2D eigenvalue weighted by molar-refractivity contribution is 5.76. The number of ether oxygens (including phenoxy) is 6. The lowest BCUT2D eigenvalue weighted by Crippen LogP contribution is -2.70. The minimum absolute atomic E-state index is 0.00126. The number of aliphatic hydroxyl groups is 8. The van der Waals surface area contributed by atoms with E-state index in [0.717, 1.165) is 6.92 Å². The van der Waals surface area contributed by atoms with Crippen LogP contribution in [0.5, 0.6) is 0 Å². The van der Waals surface area contributed by atoms with Crippen molar-refractivity contribution >= 4 is 17.8 Å². The smallest absolute Gasteiger partial charge is 0.364 e. The first-order chi connectivity index (χ1) is 21.6. The number of carbonyl (C=O) groups is 3. The molecule has 3 rings (SSSR count). The van der Waals surface area contributed by atoms with E-state index in [1.165, 1.54) is 6.92 Å². The van der Waals surface area contributed by atoms with Gasteiger partial charge in [0.15, 0.2) is 12.4 Å². The fraction of sp³-hybridized carbons (Fsp3) is 0.885. The van der Waals surface area contributed by atoms with Gasteiger partial charge in [-0.25, -0.2) is 9.59 Å². The summed E-state index contributed by atoms with van der Waals surface area (Å²) in [6, 6.07) is -1.51. The van der Waals surface area contributed by atoms with Crippen molar-refractivity contribution < 1.29 is 93.9 Å². The van der Waals surface area contributed by atoms with Gasteiger partial charge in [-0.05, 0) is 13.3 Å². The van der Waals surface area contributed by atoms with Crippen molar-refractivity contribution in [3.05, 3.63) is 0 Å². The second-order valence-electron chi connectivity index (χ2n) is 11.3. The fourth-order valence-corrected chi connectivity index (χ4v) is 5.40. The van der Waals surface area contributed by atoms with Gasteiger partial charge in [-0.15, -0.1) is 0 Å². The highest BCUT2D eigenvalue weighted by atomic mass is 16.8. The summed E-state index contributed by atoms with van der Waals surface area (Å²) in [4.78, 5) is 35.4. The maximum absolute atomic E-state index is 12.6. The highest BCUT2D eigenvalue weighted by Gasteiger charge is 2.59. The van der Waals surface area contributed by atoms with Gasteiger partial charge in [-0.1, -0.05) is 0 Å². The van der Waals surface area contributed by atoms with E-state index in [-0.39, 0.29) is 19.6 Å². The van der Waals surface area contributed by atoms with E-state index >= 15 is 0 Å². The van der Waals surface area contributed by atoms with Gasteiger partial charge in [0.1, 0.15) is 54.9 Å². The molecule has 3 saturated heterocycles. The number of hydrogen-bond acceptors (Lipinski definition) is 17. The Hall–Kier alpha value is -2.15. The molecule has 0 aromatic carbocycles. The average Bonchev–Trinajstić information content (AvgIpc) is 3.00. The lowest BCUT2D eigenvalue weighted by Gasteiger charge is -2.50. The predicted molar refractivity (Wildman–Crippen MR) is 143 cm³/mol. The van der Waals surface area contributed by atoms with Crippen LogP contribution >= 0.6 is 0 Å². The molecule has 3 heterocycles. The largest absolute Gasteiger partial charge is 0.479 e. The molecule has 0 bridgehead atoms. The van der Waals surface area contributed by atoms with Crippen molar-refractivity contribution in [3.63, 3.8) is 0 Å². The van der Waals surface area contributed by atoms with E-state index < -0.39 is 129 Å². The van der Waals surface area contributed by atoms with Gasteiger partial charge in [0.25, 0.3) is 5.79 Å². The summed E-state index contributed by atoms with van der Waals surface area (Å²) in [6.07, 6.45) is -22.9. The second kappa shape index (κ2) is 16.3. The molecule has 0 spiro atoms. The first kappa shape index (κ1) is 38.3. The Labute approximate surface area is 262 Å². The number of aliphatic hydroxyl groups excluding tert-OH is 8. The lowest BCUT2D eigenvalue weighted by molar-refractivity contribution is -0.376. The quantitative estimate of drug-likeness (QED) is 0.0817. The van der Waals surface area contributed by atoms with Crippen LogP contribution < -0.4 is 5.32 Å². The van der Waals surface area contributed by atoms with Gasteiger partial charge < -0.3 is 84.8 Å². The van der Waals surface area contributed by atoms with E-state index in [2.05, 4.69) is 5.32 Å². The number of carboxylic acid groups (broad SMARTS) is 2. The van der Waals surface area contributed by atoms with Crippen molar-refractivity contribution in [2.75, 3.05) is 26.4 Å².